The van der Waals surface area contributed by atoms with Crippen LogP contribution in [0.5, 0.6) is 5.75 Å². The Kier molecular flexibility index (Phi) is 6.22. The summed E-state index contributed by atoms with van der Waals surface area (Å²) in [5.74, 6) is -1.48. The summed E-state index contributed by atoms with van der Waals surface area (Å²) in [6, 6.07) is 14.6. The van der Waals surface area contributed by atoms with Gasteiger partial charge in [0.2, 0.25) is 0 Å². The molecule has 0 unspecified atom stereocenters. The number of amides is 1. The van der Waals surface area contributed by atoms with Gasteiger partial charge in [-0.05, 0) is 66.9 Å². The van der Waals surface area contributed by atoms with Gasteiger partial charge in [-0.15, -0.1) is 0 Å². The number of pyridine rings is 1. The van der Waals surface area contributed by atoms with E-state index >= 15 is 0 Å². The third-order valence-electron chi connectivity index (χ3n) is 5.44. The number of nitrogens with zero attached hydrogens (tertiary/aromatic N) is 2. The molecule has 1 aliphatic heterocycles. The number of aliphatic hydroxyl groups is 1. The molecule has 1 atom stereocenters. The fourth-order valence-electron chi connectivity index (χ4n) is 3.85. The highest BCUT2D eigenvalue weighted by molar-refractivity contribution is 6.51. The van der Waals surface area contributed by atoms with E-state index in [0.29, 0.717) is 23.5 Å². The molecule has 33 heavy (non-hydrogen) atoms. The number of hydrogen-bond donors (Lipinski definition) is 1. The van der Waals surface area contributed by atoms with E-state index in [0.717, 1.165) is 12.0 Å². The maximum Gasteiger partial charge on any atom is 0.301 e. The van der Waals surface area contributed by atoms with E-state index in [-0.39, 0.29) is 17.2 Å². The Bertz CT molecular complexity index is 1220. The number of halogens is 1. The van der Waals surface area contributed by atoms with E-state index in [1.165, 1.54) is 35.4 Å². The molecule has 0 bridgehead atoms. The Morgan fingerprint density at radius 1 is 1.12 bits per heavy atom. The van der Waals surface area contributed by atoms with Crippen molar-refractivity contribution in [2.24, 2.45) is 0 Å². The predicted molar refractivity (Wildman–Crippen MR) is 122 cm³/mol. The molecule has 7 heteroatoms. The number of carbonyl (C=O) groups is 2. The largest absolute Gasteiger partial charge is 0.507 e. The molecule has 168 valence electrons. The van der Waals surface area contributed by atoms with Gasteiger partial charge in [-0.1, -0.05) is 25.1 Å². The number of ether oxygens (including phenoxy) is 1. The van der Waals surface area contributed by atoms with Gasteiger partial charge >= 0.3 is 5.91 Å². The molecule has 0 saturated carbocycles. The Labute approximate surface area is 191 Å². The van der Waals surface area contributed by atoms with Crippen LogP contribution >= 0.6 is 0 Å². The lowest BCUT2D eigenvalue weighted by atomic mass is 9.94. The highest BCUT2D eigenvalue weighted by Gasteiger charge is 2.47. The lowest BCUT2D eigenvalue weighted by molar-refractivity contribution is -0.132. The summed E-state index contributed by atoms with van der Waals surface area (Å²) >= 11 is 0. The number of ketones is 1. The lowest BCUT2D eigenvalue weighted by Gasteiger charge is -2.24. The van der Waals surface area contributed by atoms with Gasteiger partial charge in [-0.25, -0.2) is 9.37 Å². The number of anilines is 1. The SMILES string of the molecule is CCCOc1ccc(C(O)=C2C(=O)C(=O)N(c3ccccn3)[C@@H]2c2ccc(F)cc2)cc1C. The number of aliphatic hydroxyl groups excluding tert-OH is 1. The summed E-state index contributed by atoms with van der Waals surface area (Å²) in [6.45, 7) is 4.41. The fraction of sp³-hybridized carbons (Fsp3) is 0.192. The Morgan fingerprint density at radius 2 is 1.88 bits per heavy atom. The first kappa shape index (κ1) is 22.2. The van der Waals surface area contributed by atoms with Gasteiger partial charge in [0, 0.05) is 11.8 Å². The minimum atomic E-state index is -0.961. The first-order chi connectivity index (χ1) is 15.9. The molecule has 2 heterocycles. The number of hydrogen-bond acceptors (Lipinski definition) is 5. The van der Waals surface area contributed by atoms with E-state index in [9.17, 15) is 19.1 Å². The van der Waals surface area contributed by atoms with Crippen molar-refractivity contribution in [2.75, 3.05) is 11.5 Å². The normalized spacial score (nSPS) is 17.4. The molecular weight excluding hydrogens is 423 g/mol. The zero-order valence-corrected chi connectivity index (χ0v) is 18.3. The maximum atomic E-state index is 13.6. The van der Waals surface area contributed by atoms with Crippen molar-refractivity contribution in [1.82, 2.24) is 4.98 Å². The number of carbonyl (C=O) groups excluding carboxylic acids is 2. The third kappa shape index (κ3) is 4.22. The zero-order chi connectivity index (χ0) is 23.5. The molecule has 4 rings (SSSR count). The van der Waals surface area contributed by atoms with Gasteiger partial charge in [-0.3, -0.25) is 14.5 Å². The van der Waals surface area contributed by atoms with Crippen LogP contribution in [0.25, 0.3) is 5.76 Å². The highest BCUT2D eigenvalue weighted by Crippen LogP contribution is 2.41. The molecule has 6 nitrogen and oxygen atoms in total. The minimum Gasteiger partial charge on any atom is -0.507 e. The molecule has 1 aromatic heterocycles. The van der Waals surface area contributed by atoms with Crippen molar-refractivity contribution in [3.8, 4) is 5.75 Å². The first-order valence-corrected chi connectivity index (χ1v) is 10.6. The van der Waals surface area contributed by atoms with Gasteiger partial charge in [0.15, 0.2) is 0 Å². The maximum absolute atomic E-state index is 13.6. The van der Waals surface area contributed by atoms with Crippen LogP contribution in [0.1, 0.15) is 36.1 Å². The van der Waals surface area contributed by atoms with E-state index in [2.05, 4.69) is 4.98 Å². The number of aromatic nitrogens is 1. The van der Waals surface area contributed by atoms with Crippen molar-refractivity contribution in [3.05, 3.63) is 94.9 Å². The quantitative estimate of drug-likeness (QED) is 0.329. The number of aryl methyl sites for hydroxylation is 1. The number of benzene rings is 2. The second kappa shape index (κ2) is 9.24. The van der Waals surface area contributed by atoms with Crippen LogP contribution in [-0.4, -0.2) is 28.4 Å². The van der Waals surface area contributed by atoms with E-state index in [1.807, 2.05) is 13.8 Å². The average molecular weight is 446 g/mol. The van der Waals surface area contributed by atoms with Crippen molar-refractivity contribution in [3.63, 3.8) is 0 Å². The Morgan fingerprint density at radius 3 is 2.52 bits per heavy atom. The average Bonchev–Trinajstić information content (AvgIpc) is 3.09. The molecule has 1 N–H and O–H groups in total. The molecule has 0 radical (unpaired) electrons. The molecule has 2 aromatic carbocycles. The van der Waals surface area contributed by atoms with E-state index < -0.39 is 23.5 Å². The molecule has 1 fully saturated rings. The van der Waals surface area contributed by atoms with Gasteiger partial charge in [0.1, 0.15) is 23.1 Å². The van der Waals surface area contributed by atoms with Gasteiger partial charge in [-0.2, -0.15) is 0 Å². The number of rotatable bonds is 6. The van der Waals surface area contributed by atoms with Crippen LogP contribution in [0.4, 0.5) is 10.2 Å². The second-order valence-electron chi connectivity index (χ2n) is 7.74. The summed E-state index contributed by atoms with van der Waals surface area (Å²) in [4.78, 5) is 31.6. The third-order valence-corrected chi connectivity index (χ3v) is 5.44. The lowest BCUT2D eigenvalue weighted by Crippen LogP contribution is -2.30. The standard InChI is InChI=1S/C26H23FN2O4/c1-3-14-33-20-12-9-18(15-16(20)2)24(30)22-23(17-7-10-19(27)11-8-17)29(26(32)25(22)31)21-6-4-5-13-28-21/h4-13,15,23,30H,3,14H2,1-2H3/t23-/m1/s1. The monoisotopic (exact) mass is 446 g/mol. The van der Waals surface area contributed by atoms with Crippen molar-refractivity contribution < 1.29 is 23.8 Å². The predicted octanol–water partition coefficient (Wildman–Crippen LogP) is 4.94. The van der Waals surface area contributed by atoms with Crippen molar-refractivity contribution in [1.29, 1.82) is 0 Å². The van der Waals surface area contributed by atoms with Crippen LogP contribution in [0, 0.1) is 12.7 Å². The molecule has 3 aromatic rings. The van der Waals surface area contributed by atoms with Crippen LogP contribution in [0.2, 0.25) is 0 Å². The van der Waals surface area contributed by atoms with E-state index in [4.69, 9.17) is 4.74 Å². The topological polar surface area (TPSA) is 79.7 Å². The summed E-state index contributed by atoms with van der Waals surface area (Å²) < 4.78 is 19.3. The molecule has 1 amide bonds. The Balaban J connectivity index is 1.86. The molecule has 0 aliphatic carbocycles. The summed E-state index contributed by atoms with van der Waals surface area (Å²) in [7, 11) is 0. The first-order valence-electron chi connectivity index (χ1n) is 10.6. The summed E-state index contributed by atoms with van der Waals surface area (Å²) in [5.41, 5.74) is 1.55. The molecule has 1 saturated heterocycles. The van der Waals surface area contributed by atoms with Crippen LogP contribution in [-0.2, 0) is 9.59 Å². The van der Waals surface area contributed by atoms with Crippen LogP contribution < -0.4 is 9.64 Å². The second-order valence-corrected chi connectivity index (χ2v) is 7.74. The van der Waals surface area contributed by atoms with Crippen LogP contribution in [0.15, 0.2) is 72.4 Å². The summed E-state index contributed by atoms with van der Waals surface area (Å²) in [6.07, 6.45) is 2.37. The minimum absolute atomic E-state index is 0.0844. The van der Waals surface area contributed by atoms with Gasteiger partial charge in [0.25, 0.3) is 5.78 Å². The number of Topliss-reactive ketones (excluding diaryl/α,β-unsaturated/α-hetero) is 1. The fourth-order valence-corrected chi connectivity index (χ4v) is 3.85. The molecular formula is C26H23FN2O4. The van der Waals surface area contributed by atoms with Crippen molar-refractivity contribution in [2.45, 2.75) is 26.3 Å². The van der Waals surface area contributed by atoms with Gasteiger partial charge in [0.05, 0.1) is 18.2 Å². The van der Waals surface area contributed by atoms with Crippen LogP contribution in [0.3, 0.4) is 0 Å². The molecule has 0 spiro atoms. The summed E-state index contributed by atoms with van der Waals surface area (Å²) in [5, 5.41) is 11.2. The highest BCUT2D eigenvalue weighted by atomic mass is 19.1. The van der Waals surface area contributed by atoms with Crippen molar-refractivity contribution >= 4 is 23.3 Å². The van der Waals surface area contributed by atoms with Gasteiger partial charge < -0.3 is 9.84 Å². The Hall–Kier alpha value is -4.00. The molecule has 1 aliphatic rings. The smallest absolute Gasteiger partial charge is 0.301 e. The zero-order valence-electron chi connectivity index (χ0n) is 18.3. The van der Waals surface area contributed by atoms with E-state index in [1.54, 1.807) is 36.4 Å².